The predicted octanol–water partition coefficient (Wildman–Crippen LogP) is 3.51. The van der Waals surface area contributed by atoms with E-state index in [-0.39, 0.29) is 29.2 Å². The molecule has 1 atom stereocenters. The summed E-state index contributed by atoms with van der Waals surface area (Å²) in [5, 5.41) is 18.9. The average Bonchev–Trinajstić information content (AvgIpc) is 3.36. The van der Waals surface area contributed by atoms with Crippen LogP contribution in [0.25, 0.3) is 0 Å². The lowest BCUT2D eigenvalue weighted by atomic mass is 9.90. The summed E-state index contributed by atoms with van der Waals surface area (Å²) < 4.78 is 0. The van der Waals surface area contributed by atoms with Gasteiger partial charge in [-0.25, -0.2) is 4.79 Å². The Morgan fingerprint density at radius 2 is 1.81 bits per heavy atom. The molecule has 2 rings (SSSR count). The second kappa shape index (κ2) is 8.08. The summed E-state index contributed by atoms with van der Waals surface area (Å²) in [7, 11) is 0. The minimum absolute atomic E-state index is 0.0670. The van der Waals surface area contributed by atoms with Crippen LogP contribution in [0, 0.1) is 24.2 Å². The number of benzene rings is 1. The third-order valence-corrected chi connectivity index (χ3v) is 5.03. The zero-order chi connectivity index (χ0) is 19.5. The van der Waals surface area contributed by atoms with Gasteiger partial charge in [-0.1, -0.05) is 33.8 Å². The highest BCUT2D eigenvalue weighted by molar-refractivity contribution is 5.94. The van der Waals surface area contributed by atoms with Gasteiger partial charge in [0.15, 0.2) is 0 Å². The number of aliphatic hydroxyl groups is 1. The summed E-state index contributed by atoms with van der Waals surface area (Å²) in [4.78, 5) is 24.1. The molecule has 4 N–H and O–H groups in total. The SMILES string of the molecule is Cc1ccc(NC(=O)C(C)C)cc1NC(=O)NCC1([C@H](O)C(C)C)CC1. The van der Waals surface area contributed by atoms with Gasteiger partial charge in [0, 0.05) is 29.3 Å². The summed E-state index contributed by atoms with van der Waals surface area (Å²) >= 11 is 0. The molecular formula is C20H31N3O3. The number of aryl methyl sites for hydroxylation is 1. The van der Waals surface area contributed by atoms with Crippen molar-refractivity contribution in [3.63, 3.8) is 0 Å². The second-order valence-corrected chi connectivity index (χ2v) is 8.03. The van der Waals surface area contributed by atoms with Crippen LogP contribution in [0.3, 0.4) is 0 Å². The number of nitrogens with one attached hydrogen (secondary N) is 3. The Morgan fingerprint density at radius 3 is 2.35 bits per heavy atom. The molecule has 0 bridgehead atoms. The van der Waals surface area contributed by atoms with Crippen LogP contribution < -0.4 is 16.0 Å². The topological polar surface area (TPSA) is 90.5 Å². The zero-order valence-corrected chi connectivity index (χ0v) is 16.3. The van der Waals surface area contributed by atoms with Gasteiger partial charge in [-0.05, 0) is 43.4 Å². The van der Waals surface area contributed by atoms with Gasteiger partial charge in [0.25, 0.3) is 0 Å². The fourth-order valence-corrected chi connectivity index (χ4v) is 2.99. The third kappa shape index (κ3) is 4.97. The maximum absolute atomic E-state index is 12.3. The van der Waals surface area contributed by atoms with Crippen LogP contribution in [0.5, 0.6) is 0 Å². The Balaban J connectivity index is 1.95. The fourth-order valence-electron chi connectivity index (χ4n) is 2.99. The van der Waals surface area contributed by atoms with E-state index < -0.39 is 6.10 Å². The fraction of sp³-hybridized carbons (Fsp3) is 0.600. The largest absolute Gasteiger partial charge is 0.392 e. The van der Waals surface area contributed by atoms with E-state index in [0.717, 1.165) is 18.4 Å². The van der Waals surface area contributed by atoms with E-state index in [2.05, 4.69) is 16.0 Å². The van der Waals surface area contributed by atoms with Gasteiger partial charge < -0.3 is 21.1 Å². The molecule has 0 unspecified atom stereocenters. The minimum atomic E-state index is -0.404. The Hall–Kier alpha value is -2.08. The van der Waals surface area contributed by atoms with Crippen LogP contribution in [-0.4, -0.2) is 29.7 Å². The van der Waals surface area contributed by atoms with Crippen LogP contribution in [-0.2, 0) is 4.79 Å². The number of carbonyl (C=O) groups excluding carboxylic acids is 2. The molecule has 144 valence electrons. The van der Waals surface area contributed by atoms with Crippen molar-refractivity contribution in [3.05, 3.63) is 23.8 Å². The van der Waals surface area contributed by atoms with Gasteiger partial charge in [-0.2, -0.15) is 0 Å². The molecule has 1 aromatic rings. The second-order valence-electron chi connectivity index (χ2n) is 8.03. The molecule has 0 aromatic heterocycles. The van der Waals surface area contributed by atoms with Crippen LogP contribution >= 0.6 is 0 Å². The van der Waals surface area contributed by atoms with Crippen molar-refractivity contribution in [3.8, 4) is 0 Å². The van der Waals surface area contributed by atoms with Crippen LogP contribution in [0.2, 0.25) is 0 Å². The van der Waals surface area contributed by atoms with E-state index in [1.807, 2.05) is 46.8 Å². The van der Waals surface area contributed by atoms with Crippen molar-refractivity contribution in [2.45, 2.75) is 53.6 Å². The van der Waals surface area contributed by atoms with Gasteiger partial charge in [0.2, 0.25) is 5.91 Å². The summed E-state index contributed by atoms with van der Waals surface area (Å²) in [6, 6.07) is 5.13. The van der Waals surface area contributed by atoms with Crippen molar-refractivity contribution in [1.82, 2.24) is 5.32 Å². The zero-order valence-electron chi connectivity index (χ0n) is 16.3. The van der Waals surface area contributed by atoms with Gasteiger partial charge in [-0.15, -0.1) is 0 Å². The quantitative estimate of drug-likeness (QED) is 0.599. The van der Waals surface area contributed by atoms with E-state index >= 15 is 0 Å². The summed E-state index contributed by atoms with van der Waals surface area (Å²) in [6.45, 7) is 10.00. The molecule has 26 heavy (non-hydrogen) atoms. The molecule has 1 saturated carbocycles. The number of hydrogen-bond acceptors (Lipinski definition) is 3. The van der Waals surface area contributed by atoms with Crippen LogP contribution in [0.1, 0.15) is 46.1 Å². The Bertz CT molecular complexity index is 666. The van der Waals surface area contributed by atoms with E-state index in [9.17, 15) is 14.7 Å². The number of amides is 3. The Morgan fingerprint density at radius 1 is 1.15 bits per heavy atom. The highest BCUT2D eigenvalue weighted by Crippen LogP contribution is 2.50. The van der Waals surface area contributed by atoms with Crippen molar-refractivity contribution in [2.75, 3.05) is 17.2 Å². The van der Waals surface area contributed by atoms with E-state index in [1.165, 1.54) is 0 Å². The number of carbonyl (C=O) groups is 2. The van der Waals surface area contributed by atoms with Crippen LogP contribution in [0.15, 0.2) is 18.2 Å². The van der Waals surface area contributed by atoms with E-state index in [4.69, 9.17) is 0 Å². The van der Waals surface area contributed by atoms with Crippen molar-refractivity contribution in [2.24, 2.45) is 17.3 Å². The molecule has 1 aromatic carbocycles. The molecule has 0 heterocycles. The highest BCUT2D eigenvalue weighted by atomic mass is 16.3. The summed E-state index contributed by atoms with van der Waals surface area (Å²) in [5.74, 6) is -0.00779. The molecule has 1 aliphatic rings. The minimum Gasteiger partial charge on any atom is -0.392 e. The molecule has 0 spiro atoms. The Labute approximate surface area is 155 Å². The van der Waals surface area contributed by atoms with Crippen LogP contribution in [0.4, 0.5) is 16.2 Å². The van der Waals surface area contributed by atoms with Crippen molar-refractivity contribution < 1.29 is 14.7 Å². The molecule has 0 saturated heterocycles. The number of rotatable bonds is 7. The van der Waals surface area contributed by atoms with Crippen molar-refractivity contribution >= 4 is 23.3 Å². The van der Waals surface area contributed by atoms with Gasteiger partial charge in [-0.3, -0.25) is 4.79 Å². The molecule has 6 nitrogen and oxygen atoms in total. The lowest BCUT2D eigenvalue weighted by Crippen LogP contribution is -2.40. The van der Waals surface area contributed by atoms with Gasteiger partial charge >= 0.3 is 6.03 Å². The highest BCUT2D eigenvalue weighted by Gasteiger charge is 2.49. The van der Waals surface area contributed by atoms with Gasteiger partial charge in [0.05, 0.1) is 6.10 Å². The maximum Gasteiger partial charge on any atom is 0.319 e. The first-order chi connectivity index (χ1) is 12.1. The number of hydrogen-bond donors (Lipinski definition) is 4. The monoisotopic (exact) mass is 361 g/mol. The first-order valence-electron chi connectivity index (χ1n) is 9.29. The standard InChI is InChI=1S/C20H31N3O3/c1-12(2)17(24)20(8-9-20)11-21-19(26)23-16-10-15(7-6-14(16)5)22-18(25)13(3)4/h6-7,10,12-13,17,24H,8-9,11H2,1-5H3,(H,22,25)(H2,21,23,26)/t17-/m1/s1. The molecule has 6 heteroatoms. The lowest BCUT2D eigenvalue weighted by molar-refractivity contribution is -0.118. The van der Waals surface area contributed by atoms with E-state index in [0.29, 0.717) is 17.9 Å². The number of anilines is 2. The molecule has 1 aliphatic carbocycles. The lowest BCUT2D eigenvalue weighted by Gasteiger charge is -2.25. The molecule has 3 amide bonds. The first-order valence-corrected chi connectivity index (χ1v) is 9.29. The number of urea groups is 1. The molecular weight excluding hydrogens is 330 g/mol. The maximum atomic E-state index is 12.3. The molecule has 1 fully saturated rings. The summed E-state index contributed by atoms with van der Waals surface area (Å²) in [5.41, 5.74) is 2.02. The Kier molecular flexibility index (Phi) is 6.29. The third-order valence-electron chi connectivity index (χ3n) is 5.03. The van der Waals surface area contributed by atoms with E-state index in [1.54, 1.807) is 6.07 Å². The molecule has 0 aliphatic heterocycles. The average molecular weight is 361 g/mol. The first kappa shape index (κ1) is 20.2. The summed E-state index contributed by atoms with van der Waals surface area (Å²) in [6.07, 6.45) is 1.46. The normalized spacial score (nSPS) is 16.3. The predicted molar refractivity (Wildman–Crippen MR) is 104 cm³/mol. The van der Waals surface area contributed by atoms with Gasteiger partial charge in [0.1, 0.15) is 0 Å². The molecule has 0 radical (unpaired) electrons. The van der Waals surface area contributed by atoms with Crippen molar-refractivity contribution in [1.29, 1.82) is 0 Å². The smallest absolute Gasteiger partial charge is 0.319 e. The number of aliphatic hydroxyl groups excluding tert-OH is 1.